The number of benzene rings is 4. The van der Waals surface area contributed by atoms with Crippen LogP contribution in [0.15, 0.2) is 84.9 Å². The summed E-state index contributed by atoms with van der Waals surface area (Å²) in [4.78, 5) is 11.5. The van der Waals surface area contributed by atoms with Crippen LogP contribution in [0.3, 0.4) is 0 Å². The van der Waals surface area contributed by atoms with Gasteiger partial charge in [-0.15, -0.1) is 0 Å². The molecule has 4 aromatic carbocycles. The highest BCUT2D eigenvalue weighted by Crippen LogP contribution is 2.33. The number of carbonyl (C=O) groups excluding carboxylic acids is 1. The van der Waals surface area contributed by atoms with Crippen molar-refractivity contribution in [3.63, 3.8) is 0 Å². The van der Waals surface area contributed by atoms with Crippen LogP contribution in [-0.4, -0.2) is 12.0 Å². The van der Waals surface area contributed by atoms with E-state index in [0.29, 0.717) is 0 Å². The van der Waals surface area contributed by atoms with Crippen molar-refractivity contribution in [1.29, 1.82) is 0 Å². The van der Waals surface area contributed by atoms with Crippen molar-refractivity contribution in [1.82, 2.24) is 5.32 Å². The number of alkyl halides is 1. The summed E-state index contributed by atoms with van der Waals surface area (Å²) in [6.45, 7) is 7.51. The number of nitrogens with one attached hydrogen (secondary N) is 1. The van der Waals surface area contributed by atoms with Crippen LogP contribution in [-0.2, 0) is 8.34 Å². The van der Waals surface area contributed by atoms with Crippen LogP contribution in [0.5, 0.6) is 28.7 Å². The van der Waals surface area contributed by atoms with Crippen LogP contribution < -0.4 is 19.5 Å². The monoisotopic (exact) mass is 581 g/mol. The molecule has 0 saturated heterocycles. The summed E-state index contributed by atoms with van der Waals surface area (Å²) in [5.41, 5.74) is 1.03. The highest BCUT2D eigenvalue weighted by Gasteiger charge is 2.23. The Morgan fingerprint density at radius 1 is 0.743 bits per heavy atom. The highest BCUT2D eigenvalue weighted by atomic mass is 127. The molecule has 0 aliphatic heterocycles. The van der Waals surface area contributed by atoms with Gasteiger partial charge in [-0.25, -0.2) is 0 Å². The summed E-state index contributed by atoms with van der Waals surface area (Å²) < 4.78 is 17.2. The molecule has 35 heavy (non-hydrogen) atoms. The third kappa shape index (κ3) is 6.66. The first kappa shape index (κ1) is 24.9. The number of hydrogen-bond acceptors (Lipinski definition) is 4. The van der Waals surface area contributed by atoms with E-state index in [4.69, 9.17) is 14.2 Å². The highest BCUT2D eigenvalue weighted by molar-refractivity contribution is 14.1. The number of fused-ring (bicyclic) bond motifs is 1. The van der Waals surface area contributed by atoms with Gasteiger partial charge in [0.1, 0.15) is 32.3 Å². The van der Waals surface area contributed by atoms with Crippen molar-refractivity contribution in [2.75, 3.05) is 0 Å². The summed E-state index contributed by atoms with van der Waals surface area (Å²) >= 11 is 2.25. The number of rotatable bonds is 8. The fourth-order valence-corrected chi connectivity index (χ4v) is 4.40. The predicted molar refractivity (Wildman–Crippen MR) is 148 cm³/mol. The molecular formula is C29H28INO4. The van der Waals surface area contributed by atoms with E-state index in [1.807, 2.05) is 99.6 Å². The van der Waals surface area contributed by atoms with E-state index in [2.05, 4.69) is 34.0 Å². The second kappa shape index (κ2) is 10.6. The molecule has 0 radical (unpaired) electrons. The average molecular weight is 581 g/mol. The summed E-state index contributed by atoms with van der Waals surface area (Å²) in [7, 11) is 0. The van der Waals surface area contributed by atoms with E-state index in [-0.39, 0.29) is 12.0 Å². The molecule has 0 aliphatic rings. The van der Waals surface area contributed by atoms with Gasteiger partial charge in [-0.1, -0.05) is 18.2 Å². The van der Waals surface area contributed by atoms with E-state index in [9.17, 15) is 4.79 Å². The van der Waals surface area contributed by atoms with Gasteiger partial charge in [0.25, 0.3) is 0 Å². The lowest BCUT2D eigenvalue weighted by Gasteiger charge is -2.24. The van der Waals surface area contributed by atoms with E-state index in [1.165, 1.54) is 6.92 Å². The molecule has 1 amide bonds. The van der Waals surface area contributed by atoms with Crippen molar-refractivity contribution in [2.24, 2.45) is 0 Å². The Morgan fingerprint density at radius 2 is 1.20 bits per heavy atom. The van der Waals surface area contributed by atoms with Crippen molar-refractivity contribution in [3.8, 4) is 28.7 Å². The third-order valence-corrected chi connectivity index (χ3v) is 6.15. The first-order valence-corrected chi connectivity index (χ1v) is 12.5. The Balaban J connectivity index is 1.42. The molecule has 0 spiro atoms. The topological polar surface area (TPSA) is 56.8 Å². The van der Waals surface area contributed by atoms with Crippen molar-refractivity contribution in [2.45, 2.75) is 37.3 Å². The zero-order valence-corrected chi connectivity index (χ0v) is 22.3. The van der Waals surface area contributed by atoms with E-state index >= 15 is 0 Å². The van der Waals surface area contributed by atoms with E-state index < -0.39 is 3.55 Å². The largest absolute Gasteiger partial charge is 0.491 e. The SMILES string of the molecule is CC(=O)NC(C)(I)c1ccc2cc(Oc3ccc(Oc4ccc(OC(C)C)cc4)cc3)ccc2c1. The summed E-state index contributed by atoms with van der Waals surface area (Å²) in [5, 5.41) is 5.12. The summed E-state index contributed by atoms with van der Waals surface area (Å²) in [6, 6.07) is 27.2. The zero-order valence-electron chi connectivity index (χ0n) is 20.2. The normalized spacial score (nSPS) is 12.7. The van der Waals surface area contributed by atoms with Gasteiger partial charge >= 0.3 is 0 Å². The molecule has 1 atom stereocenters. The molecule has 1 N–H and O–H groups in total. The van der Waals surface area contributed by atoms with Gasteiger partial charge in [0.05, 0.1) is 6.10 Å². The lowest BCUT2D eigenvalue weighted by molar-refractivity contribution is -0.119. The second-order valence-corrected chi connectivity index (χ2v) is 10.9. The van der Waals surface area contributed by atoms with Crippen LogP contribution in [0.4, 0.5) is 0 Å². The van der Waals surface area contributed by atoms with Crippen LogP contribution in [0.25, 0.3) is 10.8 Å². The molecule has 180 valence electrons. The first-order valence-electron chi connectivity index (χ1n) is 11.4. The molecule has 1 unspecified atom stereocenters. The minimum absolute atomic E-state index is 0.0590. The molecule has 0 saturated carbocycles. The lowest BCUT2D eigenvalue weighted by Crippen LogP contribution is -2.36. The molecule has 4 rings (SSSR count). The van der Waals surface area contributed by atoms with Crippen LogP contribution in [0.2, 0.25) is 0 Å². The van der Waals surface area contributed by atoms with Gasteiger partial charge in [-0.2, -0.15) is 0 Å². The molecule has 0 aliphatic carbocycles. The number of halogens is 1. The number of amides is 1. The Bertz CT molecular complexity index is 1320. The van der Waals surface area contributed by atoms with Gasteiger partial charge < -0.3 is 19.5 Å². The number of ether oxygens (including phenoxy) is 3. The van der Waals surface area contributed by atoms with Crippen molar-refractivity contribution in [3.05, 3.63) is 90.5 Å². The Kier molecular flexibility index (Phi) is 7.50. The van der Waals surface area contributed by atoms with E-state index in [1.54, 1.807) is 0 Å². The molecule has 6 heteroatoms. The fraction of sp³-hybridized carbons (Fsp3) is 0.207. The van der Waals surface area contributed by atoms with Crippen molar-refractivity contribution < 1.29 is 19.0 Å². The molecule has 5 nitrogen and oxygen atoms in total. The smallest absolute Gasteiger partial charge is 0.218 e. The average Bonchev–Trinajstić information content (AvgIpc) is 2.80. The maximum atomic E-state index is 11.5. The zero-order chi connectivity index (χ0) is 25.0. The number of hydrogen-bond donors (Lipinski definition) is 1. The standard InChI is InChI=1S/C29H28INO4/c1-19(2)33-24-9-11-25(12-10-24)34-26-13-15-27(16-14-26)35-28-8-6-21-17-23(7-5-22(21)18-28)29(4,30)31-20(3)32/h5-19H,1-4H3,(H,31,32). The third-order valence-electron chi connectivity index (χ3n) is 5.26. The molecule has 0 fully saturated rings. The quantitative estimate of drug-likeness (QED) is 0.130. The number of carbonyl (C=O) groups is 1. The Hall–Kier alpha value is -3.26. The minimum Gasteiger partial charge on any atom is -0.491 e. The van der Waals surface area contributed by atoms with Gasteiger partial charge in [-0.3, -0.25) is 4.79 Å². The van der Waals surface area contributed by atoms with Crippen LogP contribution >= 0.6 is 22.6 Å². The van der Waals surface area contributed by atoms with E-state index in [0.717, 1.165) is 45.1 Å². The van der Waals surface area contributed by atoms with Gasteiger partial charge in [0, 0.05) is 6.92 Å². The van der Waals surface area contributed by atoms with Crippen LogP contribution in [0, 0.1) is 0 Å². The van der Waals surface area contributed by atoms with Gasteiger partial charge in [-0.05, 0) is 126 Å². The molecular weight excluding hydrogens is 553 g/mol. The van der Waals surface area contributed by atoms with Gasteiger partial charge in [0.2, 0.25) is 5.91 Å². The Morgan fingerprint density at radius 3 is 1.74 bits per heavy atom. The second-order valence-electron chi connectivity index (χ2n) is 8.72. The predicted octanol–water partition coefficient (Wildman–Crippen LogP) is 7.96. The first-order chi connectivity index (χ1) is 16.7. The maximum absolute atomic E-state index is 11.5. The summed E-state index contributed by atoms with van der Waals surface area (Å²) in [6.07, 6.45) is 0.135. The molecule has 4 aromatic rings. The lowest BCUT2D eigenvalue weighted by atomic mass is 10.0. The summed E-state index contributed by atoms with van der Waals surface area (Å²) in [5.74, 6) is 3.69. The molecule has 0 bridgehead atoms. The minimum atomic E-state index is -0.472. The van der Waals surface area contributed by atoms with Gasteiger partial charge in [0.15, 0.2) is 0 Å². The fourth-order valence-electron chi connectivity index (χ4n) is 3.69. The maximum Gasteiger partial charge on any atom is 0.218 e. The Labute approximate surface area is 219 Å². The molecule has 0 aromatic heterocycles. The van der Waals surface area contributed by atoms with Crippen molar-refractivity contribution >= 4 is 39.3 Å². The molecule has 0 heterocycles. The van der Waals surface area contributed by atoms with Crippen LogP contribution in [0.1, 0.15) is 33.3 Å².